The summed E-state index contributed by atoms with van der Waals surface area (Å²) in [5.41, 5.74) is 7.51. The molecular weight excluding hydrogens is 311 g/mol. The minimum absolute atomic E-state index is 0.192. The third kappa shape index (κ3) is 3.32. The normalized spacial score (nSPS) is 10.3. The lowest BCUT2D eigenvalue weighted by Crippen LogP contribution is -2.13. The van der Waals surface area contributed by atoms with Crippen LogP contribution in [0.3, 0.4) is 0 Å². The summed E-state index contributed by atoms with van der Waals surface area (Å²) >= 11 is 3.33. The first kappa shape index (κ1) is 13.5. The fourth-order valence-electron chi connectivity index (χ4n) is 1.67. The van der Waals surface area contributed by atoms with Crippen molar-refractivity contribution in [3.05, 3.63) is 57.8 Å². The lowest BCUT2D eigenvalue weighted by Gasteiger charge is -2.09. The van der Waals surface area contributed by atoms with Gasteiger partial charge in [0.1, 0.15) is 5.82 Å². The van der Waals surface area contributed by atoms with Crippen LogP contribution in [0, 0.1) is 12.7 Å². The van der Waals surface area contributed by atoms with Gasteiger partial charge in [0.2, 0.25) is 0 Å². The van der Waals surface area contributed by atoms with E-state index < -0.39 is 11.7 Å². The molecular formula is C14H12BrFN2O. The Labute approximate surface area is 118 Å². The Morgan fingerprint density at radius 2 is 2.00 bits per heavy atom. The predicted octanol–water partition coefficient (Wildman–Crippen LogP) is 3.73. The van der Waals surface area contributed by atoms with E-state index in [2.05, 4.69) is 21.2 Å². The Hall–Kier alpha value is -1.88. The van der Waals surface area contributed by atoms with Crippen molar-refractivity contribution < 1.29 is 9.18 Å². The lowest BCUT2D eigenvalue weighted by atomic mass is 10.1. The number of benzene rings is 2. The molecule has 0 atom stereocenters. The Kier molecular flexibility index (Phi) is 3.85. The molecule has 0 saturated heterocycles. The minimum Gasteiger partial charge on any atom is -0.399 e. The molecule has 0 bridgehead atoms. The van der Waals surface area contributed by atoms with Crippen LogP contribution in [0.2, 0.25) is 0 Å². The molecule has 0 aromatic heterocycles. The van der Waals surface area contributed by atoms with Crippen molar-refractivity contribution in [1.82, 2.24) is 0 Å². The highest BCUT2D eigenvalue weighted by Crippen LogP contribution is 2.21. The van der Waals surface area contributed by atoms with E-state index in [-0.39, 0.29) is 11.3 Å². The predicted molar refractivity (Wildman–Crippen MR) is 77.6 cm³/mol. The van der Waals surface area contributed by atoms with Crippen LogP contribution in [0.1, 0.15) is 15.9 Å². The molecule has 98 valence electrons. The van der Waals surface area contributed by atoms with Crippen molar-refractivity contribution in [2.45, 2.75) is 6.92 Å². The number of halogens is 2. The number of rotatable bonds is 2. The van der Waals surface area contributed by atoms with Crippen LogP contribution in [-0.2, 0) is 0 Å². The van der Waals surface area contributed by atoms with Crippen molar-refractivity contribution in [2.75, 3.05) is 11.1 Å². The molecule has 3 N–H and O–H groups in total. The first-order valence-electron chi connectivity index (χ1n) is 5.59. The number of aryl methyl sites for hydroxylation is 1. The molecule has 0 unspecified atom stereocenters. The fourth-order valence-corrected chi connectivity index (χ4v) is 2.03. The molecule has 0 aliphatic carbocycles. The van der Waals surface area contributed by atoms with Gasteiger partial charge in [0.05, 0.1) is 0 Å². The van der Waals surface area contributed by atoms with Gasteiger partial charge >= 0.3 is 0 Å². The molecule has 1 amide bonds. The highest BCUT2D eigenvalue weighted by molar-refractivity contribution is 9.10. The number of carbonyl (C=O) groups excluding carboxylic acids is 1. The fraction of sp³-hybridized carbons (Fsp3) is 0.0714. The maximum Gasteiger partial charge on any atom is 0.255 e. The van der Waals surface area contributed by atoms with Crippen LogP contribution in [0.25, 0.3) is 0 Å². The topological polar surface area (TPSA) is 55.1 Å². The number of nitrogen functional groups attached to an aromatic ring is 1. The molecule has 0 saturated carbocycles. The van der Waals surface area contributed by atoms with E-state index in [9.17, 15) is 9.18 Å². The van der Waals surface area contributed by atoms with Crippen molar-refractivity contribution in [2.24, 2.45) is 0 Å². The number of anilines is 2. The number of hydrogen-bond acceptors (Lipinski definition) is 2. The second-order valence-electron chi connectivity index (χ2n) is 4.19. The summed E-state index contributed by atoms with van der Waals surface area (Å²) in [5.74, 6) is -0.927. The first-order valence-corrected chi connectivity index (χ1v) is 6.38. The smallest absolute Gasteiger partial charge is 0.255 e. The van der Waals surface area contributed by atoms with Gasteiger partial charge in [-0.15, -0.1) is 0 Å². The van der Waals surface area contributed by atoms with Crippen LogP contribution < -0.4 is 11.1 Å². The highest BCUT2D eigenvalue weighted by atomic mass is 79.9. The molecule has 5 heteroatoms. The minimum atomic E-state index is -0.531. The molecule has 0 aliphatic heterocycles. The van der Waals surface area contributed by atoms with Gasteiger partial charge in [-0.2, -0.15) is 0 Å². The largest absolute Gasteiger partial charge is 0.399 e. The van der Waals surface area contributed by atoms with Gasteiger partial charge in [0, 0.05) is 21.4 Å². The summed E-state index contributed by atoms with van der Waals surface area (Å²) < 4.78 is 14.1. The standard InChI is InChI=1S/C14H12BrFN2O/c1-8-2-3-10(15)6-13(8)18-14(19)9-4-11(16)7-12(17)5-9/h2-7H,17H2,1H3,(H,18,19). The van der Waals surface area contributed by atoms with Crippen LogP contribution in [-0.4, -0.2) is 5.91 Å². The number of carbonyl (C=O) groups is 1. The second-order valence-corrected chi connectivity index (χ2v) is 5.10. The van der Waals surface area contributed by atoms with E-state index >= 15 is 0 Å². The van der Waals surface area contributed by atoms with E-state index in [4.69, 9.17) is 5.73 Å². The van der Waals surface area contributed by atoms with E-state index in [0.717, 1.165) is 16.1 Å². The van der Waals surface area contributed by atoms with Gasteiger partial charge in [-0.3, -0.25) is 4.79 Å². The zero-order valence-corrected chi connectivity index (χ0v) is 11.8. The molecule has 0 radical (unpaired) electrons. The average molecular weight is 323 g/mol. The molecule has 0 fully saturated rings. The van der Waals surface area contributed by atoms with Crippen molar-refractivity contribution in [3.63, 3.8) is 0 Å². The van der Waals surface area contributed by atoms with Gasteiger partial charge in [-0.25, -0.2) is 4.39 Å². The molecule has 0 aliphatic rings. The second kappa shape index (κ2) is 5.40. The van der Waals surface area contributed by atoms with Crippen molar-refractivity contribution >= 4 is 33.2 Å². The van der Waals surface area contributed by atoms with Crippen LogP contribution in [0.5, 0.6) is 0 Å². The molecule has 0 spiro atoms. The number of nitrogens with one attached hydrogen (secondary N) is 1. The quantitative estimate of drug-likeness (QED) is 0.828. The van der Waals surface area contributed by atoms with Gasteiger partial charge in [-0.05, 0) is 42.8 Å². The Morgan fingerprint density at radius 3 is 2.68 bits per heavy atom. The molecule has 2 rings (SSSR count). The van der Waals surface area contributed by atoms with Crippen molar-refractivity contribution in [1.29, 1.82) is 0 Å². The van der Waals surface area contributed by atoms with E-state index in [0.29, 0.717) is 5.69 Å². The average Bonchev–Trinajstić information content (AvgIpc) is 2.32. The molecule has 19 heavy (non-hydrogen) atoms. The van der Waals surface area contributed by atoms with E-state index in [1.54, 1.807) is 6.07 Å². The number of amides is 1. The maximum atomic E-state index is 13.2. The Morgan fingerprint density at radius 1 is 1.26 bits per heavy atom. The summed E-state index contributed by atoms with van der Waals surface area (Å²) in [6, 6.07) is 9.30. The van der Waals surface area contributed by atoms with Crippen LogP contribution in [0.15, 0.2) is 40.9 Å². The zero-order chi connectivity index (χ0) is 14.0. The lowest BCUT2D eigenvalue weighted by molar-refractivity contribution is 0.102. The van der Waals surface area contributed by atoms with Crippen LogP contribution in [0.4, 0.5) is 15.8 Å². The third-order valence-corrected chi connectivity index (χ3v) is 3.12. The molecule has 3 nitrogen and oxygen atoms in total. The maximum absolute atomic E-state index is 13.2. The summed E-state index contributed by atoms with van der Waals surface area (Å²) in [6.07, 6.45) is 0. The summed E-state index contributed by atoms with van der Waals surface area (Å²) in [6.45, 7) is 1.88. The first-order chi connectivity index (χ1) is 8.95. The summed E-state index contributed by atoms with van der Waals surface area (Å²) in [4.78, 5) is 12.0. The molecule has 2 aromatic rings. The highest BCUT2D eigenvalue weighted by Gasteiger charge is 2.10. The van der Waals surface area contributed by atoms with Gasteiger partial charge < -0.3 is 11.1 Å². The molecule has 0 heterocycles. The molecule has 2 aromatic carbocycles. The van der Waals surface area contributed by atoms with E-state index in [1.165, 1.54) is 12.1 Å². The van der Waals surface area contributed by atoms with Crippen LogP contribution >= 0.6 is 15.9 Å². The zero-order valence-electron chi connectivity index (χ0n) is 10.2. The number of hydrogen-bond donors (Lipinski definition) is 2. The van der Waals surface area contributed by atoms with Gasteiger partial charge in [-0.1, -0.05) is 22.0 Å². The Balaban J connectivity index is 2.28. The Bertz CT molecular complexity index is 623. The van der Waals surface area contributed by atoms with Gasteiger partial charge in [0.15, 0.2) is 0 Å². The summed E-state index contributed by atoms with van der Waals surface area (Å²) in [7, 11) is 0. The van der Waals surface area contributed by atoms with E-state index in [1.807, 2.05) is 19.1 Å². The number of nitrogens with two attached hydrogens (primary N) is 1. The van der Waals surface area contributed by atoms with Gasteiger partial charge in [0.25, 0.3) is 5.91 Å². The monoisotopic (exact) mass is 322 g/mol. The summed E-state index contributed by atoms with van der Waals surface area (Å²) in [5, 5.41) is 2.73. The SMILES string of the molecule is Cc1ccc(Br)cc1NC(=O)c1cc(N)cc(F)c1. The third-order valence-electron chi connectivity index (χ3n) is 2.63. The van der Waals surface area contributed by atoms with Crippen molar-refractivity contribution in [3.8, 4) is 0 Å².